The molecule has 0 spiro atoms. The number of hydrogen-bond donors (Lipinski definition) is 1. The Kier molecular flexibility index (Phi) is 4.48. The van der Waals surface area contributed by atoms with Crippen molar-refractivity contribution in [2.75, 3.05) is 4.90 Å². The molecular formula is C19H22ClN5O. The van der Waals surface area contributed by atoms with E-state index in [9.17, 15) is 4.79 Å². The fourth-order valence-electron chi connectivity index (χ4n) is 3.62. The SMILES string of the molecule is Cc1ncc(C2=CCC3C(=C2)N(c2cc(C)[nH]n2)C(=O)C3(C)C)cn1.Cl. The molecule has 0 radical (unpaired) electrons. The summed E-state index contributed by atoms with van der Waals surface area (Å²) in [5.41, 5.74) is 3.49. The van der Waals surface area contributed by atoms with Gasteiger partial charge in [-0.05, 0) is 31.9 Å². The quantitative estimate of drug-likeness (QED) is 0.875. The number of aromatic nitrogens is 4. The molecule has 1 N–H and O–H groups in total. The van der Waals surface area contributed by atoms with Gasteiger partial charge in [-0.1, -0.05) is 19.9 Å². The largest absolute Gasteiger partial charge is 0.281 e. The number of amides is 1. The summed E-state index contributed by atoms with van der Waals surface area (Å²) in [6.07, 6.45) is 8.73. The number of aryl methyl sites for hydroxylation is 2. The van der Waals surface area contributed by atoms with E-state index in [0.717, 1.165) is 34.8 Å². The highest BCUT2D eigenvalue weighted by Gasteiger charge is 2.52. The number of H-pyrrole nitrogens is 1. The van der Waals surface area contributed by atoms with Crippen LogP contribution >= 0.6 is 12.4 Å². The number of hydrogen-bond acceptors (Lipinski definition) is 4. The van der Waals surface area contributed by atoms with E-state index >= 15 is 0 Å². The van der Waals surface area contributed by atoms with Crippen molar-refractivity contribution < 1.29 is 4.79 Å². The minimum absolute atomic E-state index is 0. The van der Waals surface area contributed by atoms with Crippen molar-refractivity contribution in [2.45, 2.75) is 34.1 Å². The van der Waals surface area contributed by atoms with Crippen LogP contribution in [0.15, 0.2) is 36.3 Å². The Hall–Kier alpha value is -2.47. The minimum atomic E-state index is -0.454. The first kappa shape index (κ1) is 18.3. The highest BCUT2D eigenvalue weighted by Crippen LogP contribution is 2.50. The van der Waals surface area contributed by atoms with E-state index in [1.54, 1.807) is 4.90 Å². The van der Waals surface area contributed by atoms with Crippen LogP contribution in [-0.4, -0.2) is 26.1 Å². The van der Waals surface area contributed by atoms with Gasteiger partial charge in [-0.25, -0.2) is 9.97 Å². The number of allylic oxidation sites excluding steroid dienone is 4. The molecule has 1 amide bonds. The Morgan fingerprint density at radius 2 is 1.92 bits per heavy atom. The van der Waals surface area contributed by atoms with E-state index in [0.29, 0.717) is 5.82 Å². The highest BCUT2D eigenvalue weighted by atomic mass is 35.5. The van der Waals surface area contributed by atoms with Crippen LogP contribution in [0.1, 0.15) is 37.4 Å². The molecule has 0 aromatic carbocycles. The minimum Gasteiger partial charge on any atom is -0.281 e. The summed E-state index contributed by atoms with van der Waals surface area (Å²) in [4.78, 5) is 23.4. The summed E-state index contributed by atoms with van der Waals surface area (Å²) in [6, 6.07) is 1.91. The van der Waals surface area contributed by atoms with E-state index in [-0.39, 0.29) is 24.2 Å². The number of carbonyl (C=O) groups excluding carboxylic acids is 1. The molecule has 2 aromatic heterocycles. The van der Waals surface area contributed by atoms with E-state index in [2.05, 4.69) is 32.3 Å². The van der Waals surface area contributed by atoms with Crippen molar-refractivity contribution in [1.29, 1.82) is 0 Å². The van der Waals surface area contributed by atoms with Gasteiger partial charge < -0.3 is 0 Å². The van der Waals surface area contributed by atoms with Crippen LogP contribution in [0.25, 0.3) is 5.57 Å². The van der Waals surface area contributed by atoms with Gasteiger partial charge in [-0.3, -0.25) is 14.8 Å². The number of rotatable bonds is 2. The second-order valence-electron chi connectivity index (χ2n) is 7.31. The predicted molar refractivity (Wildman–Crippen MR) is 103 cm³/mol. The fraction of sp³-hybridized carbons (Fsp3) is 0.368. The molecule has 6 nitrogen and oxygen atoms in total. The van der Waals surface area contributed by atoms with Crippen LogP contribution in [0.2, 0.25) is 0 Å². The van der Waals surface area contributed by atoms with E-state index in [1.807, 2.05) is 46.2 Å². The molecule has 1 aliphatic carbocycles. The van der Waals surface area contributed by atoms with Crippen molar-refractivity contribution in [3.63, 3.8) is 0 Å². The van der Waals surface area contributed by atoms with Gasteiger partial charge in [0.25, 0.3) is 0 Å². The lowest BCUT2D eigenvalue weighted by molar-refractivity contribution is -0.125. The molecule has 0 saturated carbocycles. The lowest BCUT2D eigenvalue weighted by Gasteiger charge is -2.25. The zero-order valence-electron chi connectivity index (χ0n) is 15.3. The first-order chi connectivity index (χ1) is 11.9. The molecule has 1 saturated heterocycles. The zero-order valence-corrected chi connectivity index (χ0v) is 16.1. The Morgan fingerprint density at radius 3 is 2.54 bits per heavy atom. The second kappa shape index (κ2) is 6.36. The first-order valence-electron chi connectivity index (χ1n) is 8.45. The monoisotopic (exact) mass is 371 g/mol. The smallest absolute Gasteiger partial charge is 0.238 e. The number of nitrogens with one attached hydrogen (secondary N) is 1. The molecule has 4 rings (SSSR count). The Labute approximate surface area is 158 Å². The fourth-order valence-corrected chi connectivity index (χ4v) is 3.62. The molecule has 1 fully saturated rings. The van der Waals surface area contributed by atoms with Gasteiger partial charge in [0.2, 0.25) is 5.91 Å². The van der Waals surface area contributed by atoms with Gasteiger partial charge in [-0.15, -0.1) is 12.4 Å². The lowest BCUT2D eigenvalue weighted by Crippen LogP contribution is -2.31. The molecule has 26 heavy (non-hydrogen) atoms. The predicted octanol–water partition coefficient (Wildman–Crippen LogP) is 3.60. The lowest BCUT2D eigenvalue weighted by atomic mass is 9.75. The van der Waals surface area contributed by atoms with E-state index in [4.69, 9.17) is 0 Å². The van der Waals surface area contributed by atoms with Gasteiger partial charge in [-0.2, -0.15) is 5.10 Å². The normalized spacial score (nSPS) is 21.0. The van der Waals surface area contributed by atoms with Gasteiger partial charge >= 0.3 is 0 Å². The van der Waals surface area contributed by atoms with Gasteiger partial charge in [0.05, 0.1) is 5.41 Å². The summed E-state index contributed by atoms with van der Waals surface area (Å²) in [7, 11) is 0. The van der Waals surface area contributed by atoms with Gasteiger partial charge in [0.15, 0.2) is 5.82 Å². The maximum atomic E-state index is 13.1. The first-order valence-corrected chi connectivity index (χ1v) is 8.45. The van der Waals surface area contributed by atoms with Crippen LogP contribution in [0, 0.1) is 25.2 Å². The molecule has 136 valence electrons. The number of aromatic amines is 1. The van der Waals surface area contributed by atoms with Crippen LogP contribution in [-0.2, 0) is 4.79 Å². The molecule has 3 heterocycles. The Bertz CT molecular complexity index is 910. The second-order valence-corrected chi connectivity index (χ2v) is 7.31. The third-order valence-electron chi connectivity index (χ3n) is 5.15. The Balaban J connectivity index is 0.00000196. The van der Waals surface area contributed by atoms with Gasteiger partial charge in [0.1, 0.15) is 5.82 Å². The molecule has 1 atom stereocenters. The maximum absolute atomic E-state index is 13.1. The number of fused-ring (bicyclic) bond motifs is 1. The standard InChI is InChI=1S/C19H21N5O.ClH/c1-11-7-17(23-22-11)24-16-8-13(14-9-20-12(2)21-10-14)5-6-15(16)19(3,4)18(24)25;/h5,7-10,15H,6H2,1-4H3,(H,22,23);1H. The van der Waals surface area contributed by atoms with E-state index < -0.39 is 5.41 Å². The summed E-state index contributed by atoms with van der Waals surface area (Å²) in [5, 5.41) is 7.24. The molecule has 1 aliphatic heterocycles. The molecule has 1 unspecified atom stereocenters. The zero-order chi connectivity index (χ0) is 17.8. The van der Waals surface area contributed by atoms with Crippen molar-refractivity contribution in [1.82, 2.24) is 20.2 Å². The maximum Gasteiger partial charge on any atom is 0.238 e. The van der Waals surface area contributed by atoms with Crippen molar-refractivity contribution in [2.24, 2.45) is 11.3 Å². The van der Waals surface area contributed by atoms with Gasteiger partial charge in [0, 0.05) is 41.3 Å². The van der Waals surface area contributed by atoms with Crippen molar-refractivity contribution in [3.8, 4) is 0 Å². The summed E-state index contributed by atoms with van der Waals surface area (Å²) >= 11 is 0. The van der Waals surface area contributed by atoms with Crippen LogP contribution in [0.5, 0.6) is 0 Å². The average molecular weight is 372 g/mol. The average Bonchev–Trinajstić information content (AvgIpc) is 3.08. The Morgan fingerprint density at radius 1 is 1.23 bits per heavy atom. The molecular weight excluding hydrogens is 350 g/mol. The molecule has 0 bridgehead atoms. The summed E-state index contributed by atoms with van der Waals surface area (Å²) < 4.78 is 0. The van der Waals surface area contributed by atoms with Crippen LogP contribution in [0.4, 0.5) is 5.82 Å². The molecule has 2 aliphatic rings. The number of anilines is 1. The van der Waals surface area contributed by atoms with Crippen molar-refractivity contribution >= 4 is 29.7 Å². The highest BCUT2D eigenvalue weighted by molar-refractivity contribution is 6.04. The molecule has 7 heteroatoms. The van der Waals surface area contributed by atoms with Crippen molar-refractivity contribution in [3.05, 3.63) is 53.4 Å². The van der Waals surface area contributed by atoms with Crippen LogP contribution in [0.3, 0.4) is 0 Å². The number of nitrogens with zero attached hydrogens (tertiary/aromatic N) is 4. The molecule has 2 aromatic rings. The summed E-state index contributed by atoms with van der Waals surface area (Å²) in [5.74, 6) is 1.64. The summed E-state index contributed by atoms with van der Waals surface area (Å²) in [6.45, 7) is 7.83. The topological polar surface area (TPSA) is 74.8 Å². The van der Waals surface area contributed by atoms with E-state index in [1.165, 1.54) is 0 Å². The van der Waals surface area contributed by atoms with Crippen LogP contribution < -0.4 is 4.90 Å². The third kappa shape index (κ3) is 2.74. The number of carbonyl (C=O) groups is 1. The third-order valence-corrected chi connectivity index (χ3v) is 5.15. The number of halogens is 1.